The summed E-state index contributed by atoms with van der Waals surface area (Å²) in [6, 6.07) is 0.185. The molecule has 2 aliphatic heterocycles. The standard InChI is InChI=1S/C13H24N2O2S/c1-14(2)8-10-7-11(16)9-15(10)13(17)12-5-3-4-6-18-12/h10-12,16H,3-9H2,1-2H3. The molecule has 0 aromatic heterocycles. The third-order valence-electron chi connectivity index (χ3n) is 3.71. The van der Waals surface area contributed by atoms with E-state index in [9.17, 15) is 9.90 Å². The maximum Gasteiger partial charge on any atom is 0.236 e. The van der Waals surface area contributed by atoms with Crippen molar-refractivity contribution in [2.24, 2.45) is 0 Å². The van der Waals surface area contributed by atoms with Gasteiger partial charge >= 0.3 is 0 Å². The number of amides is 1. The van der Waals surface area contributed by atoms with Gasteiger partial charge in [0.15, 0.2) is 0 Å². The number of likely N-dealkylation sites (N-methyl/N-ethyl adjacent to an activating group) is 1. The molecule has 2 aliphatic rings. The number of thioether (sulfide) groups is 1. The van der Waals surface area contributed by atoms with E-state index < -0.39 is 0 Å². The third-order valence-corrected chi connectivity index (χ3v) is 5.07. The summed E-state index contributed by atoms with van der Waals surface area (Å²) in [6.07, 6.45) is 3.79. The van der Waals surface area contributed by atoms with Crippen molar-refractivity contribution in [3.05, 3.63) is 0 Å². The summed E-state index contributed by atoms with van der Waals surface area (Å²) in [5.41, 5.74) is 0. The van der Waals surface area contributed by atoms with E-state index in [1.165, 1.54) is 6.42 Å². The van der Waals surface area contributed by atoms with Gasteiger partial charge in [0.1, 0.15) is 0 Å². The fraction of sp³-hybridized carbons (Fsp3) is 0.923. The highest BCUT2D eigenvalue weighted by atomic mass is 32.2. The largest absolute Gasteiger partial charge is 0.391 e. The maximum absolute atomic E-state index is 12.5. The van der Waals surface area contributed by atoms with E-state index >= 15 is 0 Å². The Labute approximate surface area is 114 Å². The molecule has 2 fully saturated rings. The number of hydrogen-bond acceptors (Lipinski definition) is 4. The summed E-state index contributed by atoms with van der Waals surface area (Å²) >= 11 is 1.79. The first kappa shape index (κ1) is 14.2. The molecule has 18 heavy (non-hydrogen) atoms. The molecule has 0 saturated carbocycles. The molecule has 0 aromatic carbocycles. The fourth-order valence-corrected chi connectivity index (χ4v) is 4.14. The summed E-state index contributed by atoms with van der Waals surface area (Å²) in [7, 11) is 4.03. The molecular weight excluding hydrogens is 248 g/mol. The fourth-order valence-electron chi connectivity index (χ4n) is 2.88. The van der Waals surface area contributed by atoms with Crippen molar-refractivity contribution >= 4 is 17.7 Å². The Morgan fingerprint density at radius 2 is 2.22 bits per heavy atom. The first-order valence-electron chi connectivity index (χ1n) is 6.83. The Bertz CT molecular complexity index is 293. The van der Waals surface area contributed by atoms with Crippen LogP contribution in [0.5, 0.6) is 0 Å². The van der Waals surface area contributed by atoms with Crippen LogP contribution in [-0.4, -0.2) is 71.1 Å². The monoisotopic (exact) mass is 272 g/mol. The van der Waals surface area contributed by atoms with E-state index in [1.54, 1.807) is 11.8 Å². The molecule has 1 N–H and O–H groups in total. The highest BCUT2D eigenvalue weighted by Crippen LogP contribution is 2.29. The number of aliphatic hydroxyl groups excluding tert-OH is 1. The van der Waals surface area contributed by atoms with E-state index in [-0.39, 0.29) is 23.3 Å². The van der Waals surface area contributed by atoms with Crippen molar-refractivity contribution in [1.29, 1.82) is 0 Å². The number of carbonyl (C=O) groups excluding carboxylic acids is 1. The van der Waals surface area contributed by atoms with Gasteiger partial charge in [0.2, 0.25) is 5.91 Å². The molecule has 4 nitrogen and oxygen atoms in total. The SMILES string of the molecule is CN(C)CC1CC(O)CN1C(=O)C1CCCCS1. The number of likely N-dealkylation sites (tertiary alicyclic amines) is 1. The zero-order chi connectivity index (χ0) is 13.1. The van der Waals surface area contributed by atoms with Crippen LogP contribution in [0, 0.1) is 0 Å². The third kappa shape index (κ3) is 3.39. The minimum atomic E-state index is -0.340. The van der Waals surface area contributed by atoms with E-state index in [1.807, 2.05) is 19.0 Å². The molecule has 104 valence electrons. The summed E-state index contributed by atoms with van der Waals surface area (Å²) in [5.74, 6) is 1.36. The maximum atomic E-state index is 12.5. The predicted molar refractivity (Wildman–Crippen MR) is 74.8 cm³/mol. The van der Waals surface area contributed by atoms with E-state index in [0.717, 1.165) is 31.6 Å². The predicted octanol–water partition coefficient (Wildman–Crippen LogP) is 0.795. The summed E-state index contributed by atoms with van der Waals surface area (Å²) in [4.78, 5) is 16.5. The lowest BCUT2D eigenvalue weighted by molar-refractivity contribution is -0.132. The number of hydrogen-bond donors (Lipinski definition) is 1. The van der Waals surface area contributed by atoms with Gasteiger partial charge in [-0.1, -0.05) is 6.42 Å². The van der Waals surface area contributed by atoms with Crippen LogP contribution >= 0.6 is 11.8 Å². The van der Waals surface area contributed by atoms with Crippen LogP contribution in [0.3, 0.4) is 0 Å². The van der Waals surface area contributed by atoms with Gasteiger partial charge in [0, 0.05) is 19.1 Å². The van der Waals surface area contributed by atoms with E-state index in [4.69, 9.17) is 0 Å². The van der Waals surface area contributed by atoms with Crippen LogP contribution in [0.4, 0.5) is 0 Å². The molecule has 0 aliphatic carbocycles. The zero-order valence-corrected chi connectivity index (χ0v) is 12.2. The second-order valence-corrected chi connectivity index (χ2v) is 6.96. The number of carbonyl (C=O) groups is 1. The van der Waals surface area contributed by atoms with Crippen LogP contribution in [0.15, 0.2) is 0 Å². The first-order chi connectivity index (χ1) is 8.58. The van der Waals surface area contributed by atoms with Crippen LogP contribution < -0.4 is 0 Å². The van der Waals surface area contributed by atoms with Crippen LogP contribution in [0.1, 0.15) is 25.7 Å². The summed E-state index contributed by atoms with van der Waals surface area (Å²) < 4.78 is 0. The second-order valence-electron chi connectivity index (χ2n) is 5.65. The minimum absolute atomic E-state index is 0.133. The van der Waals surface area contributed by atoms with E-state index in [2.05, 4.69) is 4.90 Å². The molecule has 1 amide bonds. The number of aliphatic hydroxyl groups is 1. The second kappa shape index (κ2) is 6.26. The topological polar surface area (TPSA) is 43.8 Å². The Kier molecular flexibility index (Phi) is 4.92. The van der Waals surface area contributed by atoms with Gasteiger partial charge < -0.3 is 14.9 Å². The van der Waals surface area contributed by atoms with E-state index in [0.29, 0.717) is 6.54 Å². The molecule has 0 spiro atoms. The minimum Gasteiger partial charge on any atom is -0.391 e. The van der Waals surface area contributed by atoms with Gasteiger partial charge in [-0.2, -0.15) is 0 Å². The van der Waals surface area contributed by atoms with Crippen LogP contribution in [0.2, 0.25) is 0 Å². The average Bonchev–Trinajstić information content (AvgIpc) is 2.69. The molecular formula is C13H24N2O2S. The molecule has 2 saturated heterocycles. The van der Waals surface area contributed by atoms with Crippen molar-refractivity contribution in [3.63, 3.8) is 0 Å². The molecule has 0 aromatic rings. The lowest BCUT2D eigenvalue weighted by atomic mass is 10.1. The van der Waals surface area contributed by atoms with Crippen molar-refractivity contribution < 1.29 is 9.90 Å². The highest BCUT2D eigenvalue weighted by molar-refractivity contribution is 8.00. The van der Waals surface area contributed by atoms with Gasteiger partial charge in [0.25, 0.3) is 0 Å². The lowest BCUT2D eigenvalue weighted by Crippen LogP contribution is -2.45. The quantitative estimate of drug-likeness (QED) is 0.825. The van der Waals surface area contributed by atoms with Crippen LogP contribution in [0.25, 0.3) is 0 Å². The van der Waals surface area contributed by atoms with Crippen molar-refractivity contribution in [3.8, 4) is 0 Å². The molecule has 2 heterocycles. The molecule has 2 rings (SSSR count). The number of β-amino-alcohol motifs (C(OH)–C–C–N with tert-alkyl or cyclic N) is 1. The highest BCUT2D eigenvalue weighted by Gasteiger charge is 2.37. The molecule has 0 bridgehead atoms. The molecule has 0 radical (unpaired) electrons. The zero-order valence-electron chi connectivity index (χ0n) is 11.3. The van der Waals surface area contributed by atoms with Gasteiger partial charge in [-0.05, 0) is 39.1 Å². The van der Waals surface area contributed by atoms with Gasteiger partial charge in [0.05, 0.1) is 11.4 Å². The van der Waals surface area contributed by atoms with Crippen molar-refractivity contribution in [2.75, 3.05) is 32.9 Å². The number of nitrogens with zero attached hydrogens (tertiary/aromatic N) is 2. The molecule has 5 heteroatoms. The Morgan fingerprint density at radius 3 is 2.83 bits per heavy atom. The average molecular weight is 272 g/mol. The molecule has 3 unspecified atom stereocenters. The number of rotatable bonds is 3. The molecule has 3 atom stereocenters. The normalized spacial score (nSPS) is 33.1. The summed E-state index contributed by atoms with van der Waals surface area (Å²) in [5, 5.41) is 9.94. The van der Waals surface area contributed by atoms with Crippen LogP contribution in [-0.2, 0) is 4.79 Å². The Balaban J connectivity index is 1.97. The van der Waals surface area contributed by atoms with Gasteiger partial charge in [-0.25, -0.2) is 0 Å². The lowest BCUT2D eigenvalue weighted by Gasteiger charge is -2.31. The Hall–Kier alpha value is -0.260. The first-order valence-corrected chi connectivity index (χ1v) is 7.87. The Morgan fingerprint density at radius 1 is 1.44 bits per heavy atom. The van der Waals surface area contributed by atoms with Gasteiger partial charge in [-0.15, -0.1) is 11.8 Å². The summed E-state index contributed by atoms with van der Waals surface area (Å²) in [6.45, 7) is 1.37. The smallest absolute Gasteiger partial charge is 0.236 e. The van der Waals surface area contributed by atoms with Crippen molar-refractivity contribution in [2.45, 2.75) is 43.1 Å². The van der Waals surface area contributed by atoms with Crippen molar-refractivity contribution in [1.82, 2.24) is 9.80 Å². The van der Waals surface area contributed by atoms with Gasteiger partial charge in [-0.3, -0.25) is 4.79 Å².